The molecule has 0 aliphatic carbocycles. The third-order valence-corrected chi connectivity index (χ3v) is 5.27. The van der Waals surface area contributed by atoms with Gasteiger partial charge in [-0.15, -0.1) is 11.6 Å². The van der Waals surface area contributed by atoms with Gasteiger partial charge < -0.3 is 24.6 Å². The van der Waals surface area contributed by atoms with E-state index < -0.39 is 21.3 Å². The van der Waals surface area contributed by atoms with Crippen molar-refractivity contribution in [3.8, 4) is 0 Å². The Morgan fingerprint density at radius 2 is 1.81 bits per heavy atom. The van der Waals surface area contributed by atoms with E-state index in [1.54, 1.807) is 0 Å². The van der Waals surface area contributed by atoms with E-state index in [1.807, 2.05) is 0 Å². The van der Waals surface area contributed by atoms with Crippen molar-refractivity contribution in [2.75, 3.05) is 51.1 Å². The van der Waals surface area contributed by atoms with Gasteiger partial charge in [0.2, 0.25) is 0 Å². The van der Waals surface area contributed by atoms with Gasteiger partial charge in [-0.1, -0.05) is 0 Å². The molecule has 1 rings (SSSR count). The summed E-state index contributed by atoms with van der Waals surface area (Å²) in [4.78, 5) is 0. The van der Waals surface area contributed by atoms with E-state index in [9.17, 15) is 8.42 Å². The molecule has 0 amide bonds. The van der Waals surface area contributed by atoms with Crippen LogP contribution in [0.2, 0.25) is 0 Å². The Morgan fingerprint density at radius 3 is 2.38 bits per heavy atom. The number of hydrogen-bond acceptors (Lipinski definition) is 7. The van der Waals surface area contributed by atoms with E-state index in [0.717, 1.165) is 0 Å². The van der Waals surface area contributed by atoms with Crippen molar-refractivity contribution in [3.05, 3.63) is 0 Å². The van der Waals surface area contributed by atoms with E-state index in [4.69, 9.17) is 43.1 Å². The number of alkyl halides is 1. The van der Waals surface area contributed by atoms with E-state index in [-0.39, 0.29) is 36.5 Å². The molecule has 1 aliphatic rings. The first kappa shape index (κ1) is 18.9. The lowest BCUT2D eigenvalue weighted by atomic mass is 10.3. The number of nitrogens with one attached hydrogen (secondary N) is 1. The number of aliphatic hydroxyl groups is 1. The van der Waals surface area contributed by atoms with Gasteiger partial charge in [-0.05, 0) is 12.2 Å². The standard InChI is InChI=1S/C11H20ClNO6S2/c12-9-7-21(15,16)8-10(9)13-11(20)19-6-5-18-4-3-17-2-1-14/h9-10,14H,1-8H2,(H,13,20)/t9-,10+/m1/s1. The minimum atomic E-state index is -3.10. The number of aliphatic hydroxyl groups excluding tert-OH is 1. The van der Waals surface area contributed by atoms with E-state index in [1.165, 1.54) is 0 Å². The monoisotopic (exact) mass is 361 g/mol. The summed E-state index contributed by atoms with van der Waals surface area (Å²) in [5, 5.41) is 10.9. The van der Waals surface area contributed by atoms with Gasteiger partial charge in [0.15, 0.2) is 9.84 Å². The van der Waals surface area contributed by atoms with Crippen LogP contribution < -0.4 is 5.32 Å². The van der Waals surface area contributed by atoms with Gasteiger partial charge in [0, 0.05) is 0 Å². The minimum Gasteiger partial charge on any atom is -0.469 e. The summed E-state index contributed by atoms with van der Waals surface area (Å²) in [6, 6.07) is -0.419. The largest absolute Gasteiger partial charge is 0.469 e. The number of sulfone groups is 1. The van der Waals surface area contributed by atoms with E-state index in [0.29, 0.717) is 19.8 Å². The fourth-order valence-electron chi connectivity index (χ4n) is 1.71. The Hall–Kier alpha value is -0.190. The topological polar surface area (TPSA) is 94.1 Å². The second kappa shape index (κ2) is 9.75. The van der Waals surface area contributed by atoms with E-state index >= 15 is 0 Å². The van der Waals surface area contributed by atoms with Crippen LogP contribution in [0.4, 0.5) is 0 Å². The predicted molar refractivity (Wildman–Crippen MR) is 82.5 cm³/mol. The van der Waals surface area contributed by atoms with Gasteiger partial charge in [0.25, 0.3) is 5.17 Å². The lowest BCUT2D eigenvalue weighted by molar-refractivity contribution is 0.0234. The lowest BCUT2D eigenvalue weighted by Gasteiger charge is -2.16. The number of halogens is 1. The molecule has 0 radical (unpaired) electrons. The zero-order valence-electron chi connectivity index (χ0n) is 11.5. The molecule has 2 atom stereocenters. The Balaban J connectivity index is 2.04. The van der Waals surface area contributed by atoms with Gasteiger partial charge in [-0.3, -0.25) is 0 Å². The zero-order chi connectivity index (χ0) is 15.7. The van der Waals surface area contributed by atoms with Crippen LogP contribution >= 0.6 is 23.8 Å². The molecule has 7 nitrogen and oxygen atoms in total. The molecule has 2 N–H and O–H groups in total. The van der Waals surface area contributed by atoms with E-state index in [2.05, 4.69) is 5.32 Å². The smallest absolute Gasteiger partial charge is 0.257 e. The summed E-state index contributed by atoms with van der Waals surface area (Å²) in [5.74, 6) is -0.0881. The van der Waals surface area contributed by atoms with Gasteiger partial charge >= 0.3 is 0 Å². The summed E-state index contributed by atoms with van der Waals surface area (Å²) in [6.45, 7) is 1.65. The van der Waals surface area contributed by atoms with Crippen LogP contribution in [-0.4, -0.2) is 81.3 Å². The zero-order valence-corrected chi connectivity index (χ0v) is 13.9. The maximum atomic E-state index is 11.4. The predicted octanol–water partition coefficient (Wildman–Crippen LogP) is -0.693. The first-order valence-electron chi connectivity index (χ1n) is 6.49. The third-order valence-electron chi connectivity index (χ3n) is 2.65. The van der Waals surface area contributed by atoms with Crippen LogP contribution in [0.15, 0.2) is 0 Å². The van der Waals surface area contributed by atoms with Crippen LogP contribution in [0.1, 0.15) is 0 Å². The molecule has 0 unspecified atom stereocenters. The molecular weight excluding hydrogens is 342 g/mol. The van der Waals surface area contributed by atoms with Crippen LogP contribution in [0.5, 0.6) is 0 Å². The molecule has 0 aromatic heterocycles. The molecule has 0 aromatic carbocycles. The highest BCUT2D eigenvalue weighted by atomic mass is 35.5. The van der Waals surface area contributed by atoms with Gasteiger partial charge in [0.1, 0.15) is 6.61 Å². The molecule has 0 bridgehead atoms. The average Bonchev–Trinajstić information content (AvgIpc) is 2.65. The number of rotatable bonds is 9. The molecule has 0 saturated carbocycles. The van der Waals surface area contributed by atoms with Crippen molar-refractivity contribution in [1.29, 1.82) is 0 Å². The molecule has 0 spiro atoms. The number of hydrogen-bond donors (Lipinski definition) is 2. The molecule has 1 heterocycles. The highest BCUT2D eigenvalue weighted by Crippen LogP contribution is 2.17. The maximum absolute atomic E-state index is 11.4. The summed E-state index contributed by atoms with van der Waals surface area (Å²) in [5.41, 5.74) is 0. The van der Waals surface area contributed by atoms with Crippen LogP contribution in [0.25, 0.3) is 0 Å². The minimum absolute atomic E-state index is 0.0124. The Labute approximate surface area is 134 Å². The lowest BCUT2D eigenvalue weighted by Crippen LogP contribution is -2.41. The van der Waals surface area contributed by atoms with Crippen LogP contribution in [0.3, 0.4) is 0 Å². The van der Waals surface area contributed by atoms with Crippen molar-refractivity contribution in [2.45, 2.75) is 11.4 Å². The summed E-state index contributed by atoms with van der Waals surface area (Å²) in [6.07, 6.45) is 0. The molecule has 0 aromatic rings. The molecule has 21 heavy (non-hydrogen) atoms. The fourth-order valence-corrected chi connectivity index (χ4v) is 4.49. The first-order valence-corrected chi connectivity index (χ1v) is 9.15. The average molecular weight is 362 g/mol. The second-order valence-corrected chi connectivity index (χ2v) is 7.51. The van der Waals surface area contributed by atoms with Crippen molar-refractivity contribution in [1.82, 2.24) is 5.32 Å². The first-order chi connectivity index (χ1) is 9.94. The maximum Gasteiger partial charge on any atom is 0.257 e. The van der Waals surface area contributed by atoms with Gasteiger partial charge in [-0.2, -0.15) is 0 Å². The van der Waals surface area contributed by atoms with Gasteiger partial charge in [-0.25, -0.2) is 8.42 Å². The van der Waals surface area contributed by atoms with Crippen molar-refractivity contribution < 1.29 is 27.7 Å². The highest BCUT2D eigenvalue weighted by molar-refractivity contribution is 7.91. The molecule has 1 aliphatic heterocycles. The van der Waals surface area contributed by atoms with Crippen molar-refractivity contribution in [3.63, 3.8) is 0 Å². The van der Waals surface area contributed by atoms with Crippen molar-refractivity contribution in [2.24, 2.45) is 0 Å². The van der Waals surface area contributed by atoms with Crippen LogP contribution in [-0.2, 0) is 24.0 Å². The molecule has 124 valence electrons. The summed E-state index contributed by atoms with van der Waals surface area (Å²) < 4.78 is 38.2. The third kappa shape index (κ3) is 8.12. The van der Waals surface area contributed by atoms with Crippen molar-refractivity contribution >= 4 is 38.8 Å². The molecule has 1 fully saturated rings. The number of ether oxygens (including phenoxy) is 3. The quantitative estimate of drug-likeness (QED) is 0.316. The number of thiocarbonyl (C=S) groups is 1. The Bertz CT molecular complexity index is 419. The summed E-state index contributed by atoms with van der Waals surface area (Å²) >= 11 is 10.9. The highest BCUT2D eigenvalue weighted by Gasteiger charge is 2.36. The fraction of sp³-hybridized carbons (Fsp3) is 0.909. The Kier molecular flexibility index (Phi) is 8.76. The normalized spacial score (nSPS) is 23.9. The Morgan fingerprint density at radius 1 is 1.19 bits per heavy atom. The van der Waals surface area contributed by atoms with Crippen LogP contribution in [0, 0.1) is 0 Å². The molecular formula is C11H20ClNO6S2. The SMILES string of the molecule is O=S1(=O)C[C@@H](Cl)[C@@H](NC(=S)OCCOCCOCCO)C1. The van der Waals surface area contributed by atoms with Gasteiger partial charge in [0.05, 0.1) is 56.0 Å². The second-order valence-electron chi connectivity index (χ2n) is 4.43. The summed E-state index contributed by atoms with van der Waals surface area (Å²) in [7, 11) is -3.10. The molecule has 1 saturated heterocycles. The molecule has 10 heteroatoms.